The van der Waals surface area contributed by atoms with Gasteiger partial charge in [0.2, 0.25) is 10.0 Å². The van der Waals surface area contributed by atoms with Crippen LogP contribution in [0.4, 0.5) is 0 Å². The second kappa shape index (κ2) is 8.81. The predicted molar refractivity (Wildman–Crippen MR) is 85.1 cm³/mol. The summed E-state index contributed by atoms with van der Waals surface area (Å²) < 4.78 is 27.0. The van der Waals surface area contributed by atoms with Crippen LogP contribution in [0, 0.1) is 11.3 Å². The van der Waals surface area contributed by atoms with E-state index < -0.39 is 15.3 Å². The van der Waals surface area contributed by atoms with E-state index in [-0.39, 0.29) is 0 Å². The molecule has 4 nitrogen and oxygen atoms in total. The van der Waals surface area contributed by atoms with Crippen molar-refractivity contribution in [2.75, 3.05) is 13.1 Å². The van der Waals surface area contributed by atoms with Gasteiger partial charge in [0.15, 0.2) is 5.25 Å². The normalized spacial score (nSPS) is 13.0. The topological polar surface area (TPSA) is 61.2 Å². The Hall–Kier alpha value is -1.38. The van der Waals surface area contributed by atoms with Crippen LogP contribution in [0.25, 0.3) is 0 Å². The quantitative estimate of drug-likeness (QED) is 0.701. The molecule has 0 aromatic heterocycles. The van der Waals surface area contributed by atoms with Crippen LogP contribution >= 0.6 is 0 Å². The maximum atomic E-state index is 12.8. The van der Waals surface area contributed by atoms with Crippen LogP contribution < -0.4 is 0 Å². The van der Waals surface area contributed by atoms with E-state index in [2.05, 4.69) is 0 Å². The third-order valence-corrected chi connectivity index (χ3v) is 5.46. The van der Waals surface area contributed by atoms with Gasteiger partial charge in [0.05, 0.1) is 6.07 Å². The number of nitriles is 1. The van der Waals surface area contributed by atoms with E-state index in [1.54, 1.807) is 24.3 Å². The molecule has 0 amide bonds. The van der Waals surface area contributed by atoms with Gasteiger partial charge in [-0.2, -0.15) is 5.26 Å². The van der Waals surface area contributed by atoms with Crippen LogP contribution in [0.5, 0.6) is 0 Å². The first kappa shape index (κ1) is 17.7. The second-order valence-corrected chi connectivity index (χ2v) is 7.09. The van der Waals surface area contributed by atoms with Gasteiger partial charge in [-0.25, -0.2) is 12.7 Å². The maximum Gasteiger partial charge on any atom is 0.234 e. The molecule has 0 saturated heterocycles. The van der Waals surface area contributed by atoms with Crippen molar-refractivity contribution in [3.8, 4) is 6.07 Å². The lowest BCUT2D eigenvalue weighted by molar-refractivity contribution is 0.392. The fourth-order valence-corrected chi connectivity index (χ4v) is 3.82. The number of unbranched alkanes of at least 4 members (excludes halogenated alkanes) is 2. The molecule has 1 aromatic rings. The van der Waals surface area contributed by atoms with Gasteiger partial charge in [-0.1, -0.05) is 57.0 Å². The van der Waals surface area contributed by atoms with Gasteiger partial charge in [-0.05, 0) is 18.4 Å². The highest BCUT2D eigenvalue weighted by Crippen LogP contribution is 2.25. The van der Waals surface area contributed by atoms with Gasteiger partial charge in [-0.3, -0.25) is 0 Å². The zero-order valence-corrected chi connectivity index (χ0v) is 13.6. The molecule has 1 unspecified atom stereocenters. The molecule has 0 radical (unpaired) electrons. The van der Waals surface area contributed by atoms with E-state index in [0.717, 1.165) is 25.7 Å². The molecule has 0 aliphatic carbocycles. The van der Waals surface area contributed by atoms with Gasteiger partial charge >= 0.3 is 0 Å². The SMILES string of the molecule is CCCCN(CCCC)S(=O)(=O)C(C#N)c1ccccc1. The monoisotopic (exact) mass is 308 g/mol. The lowest BCUT2D eigenvalue weighted by Crippen LogP contribution is -2.36. The lowest BCUT2D eigenvalue weighted by atomic mass is 10.2. The summed E-state index contributed by atoms with van der Waals surface area (Å²) in [5, 5.41) is 8.24. The summed E-state index contributed by atoms with van der Waals surface area (Å²) in [5.74, 6) is 0. The molecule has 0 aliphatic rings. The number of rotatable bonds is 9. The Balaban J connectivity index is 3.04. The lowest BCUT2D eigenvalue weighted by Gasteiger charge is -2.24. The van der Waals surface area contributed by atoms with Crippen molar-refractivity contribution < 1.29 is 8.42 Å². The van der Waals surface area contributed by atoms with Crippen LogP contribution in [-0.2, 0) is 10.0 Å². The number of benzene rings is 1. The summed E-state index contributed by atoms with van der Waals surface area (Å²) in [4.78, 5) is 0. The molecule has 21 heavy (non-hydrogen) atoms. The molecule has 0 bridgehead atoms. The Labute approximate surface area is 128 Å². The molecule has 0 heterocycles. The van der Waals surface area contributed by atoms with Crippen molar-refractivity contribution in [2.45, 2.75) is 44.8 Å². The highest BCUT2D eigenvalue weighted by molar-refractivity contribution is 7.89. The van der Waals surface area contributed by atoms with Crippen LogP contribution in [0.15, 0.2) is 30.3 Å². The molecule has 5 heteroatoms. The Morgan fingerprint density at radius 2 is 1.62 bits per heavy atom. The van der Waals surface area contributed by atoms with E-state index in [9.17, 15) is 13.7 Å². The maximum absolute atomic E-state index is 12.8. The summed E-state index contributed by atoms with van der Waals surface area (Å²) >= 11 is 0. The third-order valence-electron chi connectivity index (χ3n) is 3.40. The molecule has 0 aliphatic heterocycles. The summed E-state index contributed by atoms with van der Waals surface area (Å²) in [6, 6.07) is 10.7. The molecule has 1 rings (SSSR count). The van der Waals surface area contributed by atoms with Crippen LogP contribution in [0.3, 0.4) is 0 Å². The van der Waals surface area contributed by atoms with Crippen LogP contribution in [0.1, 0.15) is 50.3 Å². The molecule has 0 N–H and O–H groups in total. The predicted octanol–water partition coefficient (Wildman–Crippen LogP) is 3.48. The van der Waals surface area contributed by atoms with E-state index in [1.165, 1.54) is 4.31 Å². The first-order valence-electron chi connectivity index (χ1n) is 7.51. The van der Waals surface area contributed by atoms with Crippen LogP contribution in [-0.4, -0.2) is 25.8 Å². The van der Waals surface area contributed by atoms with Crippen molar-refractivity contribution >= 4 is 10.0 Å². The minimum atomic E-state index is -3.64. The second-order valence-electron chi connectivity index (χ2n) is 5.07. The molecule has 1 atom stereocenters. The van der Waals surface area contributed by atoms with Crippen molar-refractivity contribution in [1.29, 1.82) is 5.26 Å². The van der Waals surface area contributed by atoms with E-state index in [1.807, 2.05) is 26.0 Å². The van der Waals surface area contributed by atoms with Gasteiger partial charge in [0.25, 0.3) is 0 Å². The van der Waals surface area contributed by atoms with E-state index in [4.69, 9.17) is 0 Å². The van der Waals surface area contributed by atoms with E-state index in [0.29, 0.717) is 18.7 Å². The van der Waals surface area contributed by atoms with Gasteiger partial charge in [0, 0.05) is 13.1 Å². The molecular weight excluding hydrogens is 284 g/mol. The Morgan fingerprint density at radius 3 is 2.05 bits per heavy atom. The van der Waals surface area contributed by atoms with Gasteiger partial charge in [-0.15, -0.1) is 0 Å². The summed E-state index contributed by atoms with van der Waals surface area (Å²) in [7, 11) is -3.64. The van der Waals surface area contributed by atoms with Crippen molar-refractivity contribution in [2.24, 2.45) is 0 Å². The average Bonchev–Trinajstić information content (AvgIpc) is 2.48. The zero-order chi connectivity index (χ0) is 15.7. The minimum Gasteiger partial charge on any atom is -0.210 e. The number of sulfonamides is 1. The fourth-order valence-electron chi connectivity index (χ4n) is 2.13. The first-order chi connectivity index (χ1) is 10.1. The van der Waals surface area contributed by atoms with Gasteiger partial charge < -0.3 is 0 Å². The molecule has 0 saturated carbocycles. The van der Waals surface area contributed by atoms with Crippen LogP contribution in [0.2, 0.25) is 0 Å². The van der Waals surface area contributed by atoms with Crippen molar-refractivity contribution in [3.05, 3.63) is 35.9 Å². The molecule has 1 aromatic carbocycles. The first-order valence-corrected chi connectivity index (χ1v) is 9.01. The fraction of sp³-hybridized carbons (Fsp3) is 0.562. The summed E-state index contributed by atoms with van der Waals surface area (Å²) in [5.41, 5.74) is 0.540. The summed E-state index contributed by atoms with van der Waals surface area (Å²) in [6.45, 7) is 5.04. The highest BCUT2D eigenvalue weighted by Gasteiger charge is 2.32. The van der Waals surface area contributed by atoms with Crippen molar-refractivity contribution in [3.63, 3.8) is 0 Å². The Bertz CT molecular complexity index is 541. The molecule has 116 valence electrons. The molecule has 0 spiro atoms. The highest BCUT2D eigenvalue weighted by atomic mass is 32.2. The number of nitrogens with zero attached hydrogens (tertiary/aromatic N) is 2. The average molecular weight is 308 g/mol. The third kappa shape index (κ3) is 4.83. The number of hydrogen-bond donors (Lipinski definition) is 0. The smallest absolute Gasteiger partial charge is 0.210 e. The summed E-state index contributed by atoms with van der Waals surface area (Å²) in [6.07, 6.45) is 3.49. The molecular formula is C16H24N2O2S. The number of hydrogen-bond acceptors (Lipinski definition) is 3. The van der Waals surface area contributed by atoms with Gasteiger partial charge in [0.1, 0.15) is 0 Å². The molecule has 0 fully saturated rings. The van der Waals surface area contributed by atoms with E-state index >= 15 is 0 Å². The minimum absolute atomic E-state index is 0.490. The Kier molecular flexibility index (Phi) is 7.41. The standard InChI is InChI=1S/C16H24N2O2S/c1-3-5-12-18(13-6-4-2)21(19,20)16(14-17)15-10-8-7-9-11-15/h7-11,16H,3-6,12-13H2,1-2H3. The largest absolute Gasteiger partial charge is 0.234 e. The van der Waals surface area contributed by atoms with Crippen molar-refractivity contribution in [1.82, 2.24) is 4.31 Å². The Morgan fingerprint density at radius 1 is 1.10 bits per heavy atom. The zero-order valence-electron chi connectivity index (χ0n) is 12.8.